The Balaban J connectivity index is 1.81. The summed E-state index contributed by atoms with van der Waals surface area (Å²) in [6, 6.07) is 2.55. The summed E-state index contributed by atoms with van der Waals surface area (Å²) in [5.74, 6) is 0.726. The number of rotatable bonds is 2. The molecule has 2 bridgehead atoms. The molecular weight excluding hydrogens is 248 g/mol. The molecule has 1 N–H and O–H groups in total. The first-order valence-corrected chi connectivity index (χ1v) is 8.06. The quantitative estimate of drug-likeness (QED) is 0.839. The summed E-state index contributed by atoms with van der Waals surface area (Å²) in [4.78, 5) is 12.7. The van der Waals surface area contributed by atoms with Gasteiger partial charge in [0.25, 0.3) is 0 Å². The second kappa shape index (κ2) is 4.23. The highest BCUT2D eigenvalue weighted by Crippen LogP contribution is 2.62. The van der Waals surface area contributed by atoms with E-state index in [4.69, 9.17) is 0 Å². The van der Waals surface area contributed by atoms with Crippen LogP contribution in [0.3, 0.4) is 0 Å². The smallest absolute Gasteiger partial charge is 0.240 e. The van der Waals surface area contributed by atoms with Crippen molar-refractivity contribution in [1.82, 2.24) is 5.32 Å². The SMILES string of the molecule is CC12CCC(C1)C(C)(C)C2NC(=O)C1(C#N)CCCC1. The summed E-state index contributed by atoms with van der Waals surface area (Å²) in [5, 5.41) is 12.8. The summed E-state index contributed by atoms with van der Waals surface area (Å²) in [7, 11) is 0. The number of amides is 1. The molecule has 0 saturated heterocycles. The van der Waals surface area contributed by atoms with Crippen LogP contribution < -0.4 is 5.32 Å². The zero-order chi connectivity index (χ0) is 14.6. The minimum absolute atomic E-state index is 0.00403. The lowest BCUT2D eigenvalue weighted by molar-refractivity contribution is -0.130. The molecule has 0 aromatic rings. The first kappa shape index (κ1) is 13.9. The van der Waals surface area contributed by atoms with Gasteiger partial charge in [0.2, 0.25) is 5.91 Å². The molecule has 3 rings (SSSR count). The zero-order valence-corrected chi connectivity index (χ0v) is 13.0. The van der Waals surface area contributed by atoms with E-state index in [9.17, 15) is 10.1 Å². The van der Waals surface area contributed by atoms with E-state index < -0.39 is 5.41 Å². The van der Waals surface area contributed by atoms with Crippen LogP contribution in [0.2, 0.25) is 0 Å². The molecule has 110 valence electrons. The number of nitriles is 1. The van der Waals surface area contributed by atoms with Crippen LogP contribution in [0.4, 0.5) is 0 Å². The third-order valence-electron chi connectivity index (χ3n) is 6.65. The van der Waals surface area contributed by atoms with Gasteiger partial charge in [0.05, 0.1) is 6.07 Å². The van der Waals surface area contributed by atoms with Crippen molar-refractivity contribution in [2.45, 2.75) is 71.8 Å². The van der Waals surface area contributed by atoms with Crippen molar-refractivity contribution in [2.24, 2.45) is 22.2 Å². The Kier molecular flexibility index (Phi) is 2.94. The first-order chi connectivity index (χ1) is 9.34. The summed E-state index contributed by atoms with van der Waals surface area (Å²) >= 11 is 0. The average molecular weight is 274 g/mol. The van der Waals surface area contributed by atoms with Gasteiger partial charge in [-0.3, -0.25) is 4.79 Å². The molecule has 3 aliphatic carbocycles. The van der Waals surface area contributed by atoms with Crippen LogP contribution >= 0.6 is 0 Å². The summed E-state index contributed by atoms with van der Waals surface area (Å²) in [6.45, 7) is 6.90. The average Bonchev–Trinajstić information content (AvgIpc) is 3.06. The number of nitrogens with one attached hydrogen (secondary N) is 1. The fourth-order valence-corrected chi connectivity index (χ4v) is 5.30. The molecule has 3 aliphatic rings. The molecule has 3 nitrogen and oxygen atoms in total. The third-order valence-corrected chi connectivity index (χ3v) is 6.65. The van der Waals surface area contributed by atoms with E-state index in [-0.39, 0.29) is 22.8 Å². The molecule has 0 aliphatic heterocycles. The largest absolute Gasteiger partial charge is 0.351 e. The molecular formula is C17H26N2O. The summed E-state index contributed by atoms with van der Waals surface area (Å²) < 4.78 is 0. The van der Waals surface area contributed by atoms with E-state index in [1.54, 1.807) is 0 Å². The second-order valence-electron chi connectivity index (χ2n) is 8.22. The number of carbonyl (C=O) groups excluding carboxylic acids is 1. The van der Waals surface area contributed by atoms with Crippen LogP contribution in [0, 0.1) is 33.5 Å². The molecule has 3 atom stereocenters. The Bertz CT molecular complexity index is 465. The molecule has 3 saturated carbocycles. The third kappa shape index (κ3) is 1.73. The van der Waals surface area contributed by atoms with Crippen LogP contribution in [0.25, 0.3) is 0 Å². The van der Waals surface area contributed by atoms with Gasteiger partial charge in [-0.25, -0.2) is 0 Å². The number of fused-ring (bicyclic) bond motifs is 2. The molecule has 1 amide bonds. The van der Waals surface area contributed by atoms with E-state index in [0.29, 0.717) is 0 Å². The number of hydrogen-bond acceptors (Lipinski definition) is 2. The van der Waals surface area contributed by atoms with Crippen LogP contribution in [0.5, 0.6) is 0 Å². The zero-order valence-electron chi connectivity index (χ0n) is 13.0. The molecule has 20 heavy (non-hydrogen) atoms. The fourth-order valence-electron chi connectivity index (χ4n) is 5.30. The van der Waals surface area contributed by atoms with Crippen LogP contribution in [0.1, 0.15) is 65.7 Å². The van der Waals surface area contributed by atoms with Crippen molar-refractivity contribution in [3.63, 3.8) is 0 Å². The Hall–Kier alpha value is -1.04. The number of hydrogen-bond donors (Lipinski definition) is 1. The van der Waals surface area contributed by atoms with Gasteiger partial charge in [-0.05, 0) is 48.9 Å². The minimum Gasteiger partial charge on any atom is -0.351 e. The lowest BCUT2D eigenvalue weighted by Gasteiger charge is -2.44. The Morgan fingerprint density at radius 2 is 1.85 bits per heavy atom. The molecule has 0 radical (unpaired) electrons. The standard InChI is InChI=1S/C17H26N2O/c1-15(2)12-6-9-16(3,10-12)13(15)19-14(20)17(11-18)7-4-5-8-17/h12-13H,4-10H2,1-3H3,(H,19,20). The fraction of sp³-hybridized carbons (Fsp3) is 0.882. The molecule has 3 unspecified atom stereocenters. The van der Waals surface area contributed by atoms with Crippen molar-refractivity contribution in [2.75, 3.05) is 0 Å². The Morgan fingerprint density at radius 3 is 2.35 bits per heavy atom. The number of nitrogens with zero attached hydrogens (tertiary/aromatic N) is 1. The van der Waals surface area contributed by atoms with Crippen molar-refractivity contribution < 1.29 is 4.79 Å². The van der Waals surface area contributed by atoms with E-state index in [2.05, 4.69) is 32.2 Å². The van der Waals surface area contributed by atoms with Gasteiger partial charge in [0, 0.05) is 6.04 Å². The molecule has 0 aromatic carbocycles. The van der Waals surface area contributed by atoms with E-state index >= 15 is 0 Å². The normalized spacial score (nSPS) is 40.5. The van der Waals surface area contributed by atoms with Gasteiger partial charge in [0.15, 0.2) is 0 Å². The van der Waals surface area contributed by atoms with Crippen molar-refractivity contribution in [3.8, 4) is 6.07 Å². The second-order valence-corrected chi connectivity index (χ2v) is 8.22. The molecule has 0 heterocycles. The highest BCUT2D eigenvalue weighted by molar-refractivity contribution is 5.86. The predicted octanol–water partition coefficient (Wildman–Crippen LogP) is 3.40. The van der Waals surface area contributed by atoms with Gasteiger partial charge in [-0.1, -0.05) is 33.6 Å². The van der Waals surface area contributed by atoms with Gasteiger partial charge in [0.1, 0.15) is 5.41 Å². The molecule has 0 aromatic heterocycles. The monoisotopic (exact) mass is 274 g/mol. The Morgan fingerprint density at radius 1 is 1.20 bits per heavy atom. The van der Waals surface area contributed by atoms with Gasteiger partial charge in [-0.15, -0.1) is 0 Å². The summed E-state index contributed by atoms with van der Waals surface area (Å²) in [6.07, 6.45) is 7.23. The van der Waals surface area contributed by atoms with Gasteiger partial charge < -0.3 is 5.32 Å². The molecule has 3 heteroatoms. The maximum Gasteiger partial charge on any atom is 0.240 e. The maximum atomic E-state index is 12.7. The molecule has 3 fully saturated rings. The Labute approximate surface area is 122 Å². The highest BCUT2D eigenvalue weighted by atomic mass is 16.2. The van der Waals surface area contributed by atoms with E-state index in [1.807, 2.05) is 0 Å². The van der Waals surface area contributed by atoms with Gasteiger partial charge >= 0.3 is 0 Å². The maximum absolute atomic E-state index is 12.7. The van der Waals surface area contributed by atoms with Crippen LogP contribution in [0.15, 0.2) is 0 Å². The predicted molar refractivity (Wildman–Crippen MR) is 77.7 cm³/mol. The van der Waals surface area contributed by atoms with Crippen molar-refractivity contribution in [3.05, 3.63) is 0 Å². The first-order valence-electron chi connectivity index (χ1n) is 8.06. The van der Waals surface area contributed by atoms with E-state index in [1.165, 1.54) is 19.3 Å². The van der Waals surface area contributed by atoms with Crippen molar-refractivity contribution in [1.29, 1.82) is 5.26 Å². The lowest BCUT2D eigenvalue weighted by atomic mass is 9.68. The molecule has 0 spiro atoms. The topological polar surface area (TPSA) is 52.9 Å². The van der Waals surface area contributed by atoms with Crippen molar-refractivity contribution >= 4 is 5.91 Å². The van der Waals surface area contributed by atoms with E-state index in [0.717, 1.165) is 31.6 Å². The summed E-state index contributed by atoms with van der Waals surface area (Å²) in [5.41, 5.74) is -0.342. The highest BCUT2D eigenvalue weighted by Gasteiger charge is 2.60. The van der Waals surface area contributed by atoms with Crippen LogP contribution in [-0.4, -0.2) is 11.9 Å². The lowest BCUT2D eigenvalue weighted by Crippen LogP contribution is -2.55. The number of carbonyl (C=O) groups is 1. The minimum atomic E-state index is -0.742. The van der Waals surface area contributed by atoms with Crippen LogP contribution in [-0.2, 0) is 4.79 Å². The van der Waals surface area contributed by atoms with Gasteiger partial charge in [-0.2, -0.15) is 5.26 Å².